The third-order valence-corrected chi connectivity index (χ3v) is 0.758. The summed E-state index contributed by atoms with van der Waals surface area (Å²) < 4.78 is 0. The summed E-state index contributed by atoms with van der Waals surface area (Å²) in [6, 6.07) is 0.137. The first-order chi connectivity index (χ1) is 3.31. The molecule has 2 nitrogen and oxygen atoms in total. The van der Waals surface area contributed by atoms with E-state index in [0.29, 0.717) is 0 Å². The van der Waals surface area contributed by atoms with Crippen molar-refractivity contribution in [1.82, 2.24) is 0 Å². The average molecular weight is 102 g/mol. The van der Waals surface area contributed by atoms with E-state index < -0.39 is 0 Å². The van der Waals surface area contributed by atoms with Gasteiger partial charge in [-0.15, -0.1) is 6.58 Å². The monoisotopic (exact) mass is 102 g/mol. The van der Waals surface area contributed by atoms with Crippen LogP contribution >= 0.6 is 0 Å². The topological polar surface area (TPSA) is 47.9 Å². The fourth-order valence-corrected chi connectivity index (χ4v) is 0.310. The molecule has 1 atom stereocenters. The lowest BCUT2D eigenvalue weighted by Crippen LogP contribution is -2.62. The second-order valence-corrected chi connectivity index (χ2v) is 1.57. The van der Waals surface area contributed by atoms with Crippen molar-refractivity contribution in [3.8, 4) is 0 Å². The Kier molecular flexibility index (Phi) is 3.65. The molecule has 0 amide bonds. The first-order valence-corrected chi connectivity index (χ1v) is 2.36. The molecule has 0 bridgehead atoms. The molecule has 0 saturated heterocycles. The lowest BCUT2D eigenvalue weighted by atomic mass is 10.2. The molecule has 0 aliphatic heterocycles. The maximum absolute atomic E-state index is 8.36. The third kappa shape index (κ3) is 3.49. The van der Waals surface area contributed by atoms with Crippen molar-refractivity contribution in [2.45, 2.75) is 12.5 Å². The fraction of sp³-hybridized carbons (Fsp3) is 0.600. The Labute approximate surface area is 43.6 Å². The van der Waals surface area contributed by atoms with Crippen LogP contribution in [0, 0.1) is 0 Å². The number of hydrogen-bond acceptors (Lipinski definition) is 1. The van der Waals surface area contributed by atoms with Crippen LogP contribution in [0.1, 0.15) is 6.42 Å². The Balaban J connectivity index is 2.98. The molecule has 7 heavy (non-hydrogen) atoms. The molecule has 0 rings (SSSR count). The highest BCUT2D eigenvalue weighted by Crippen LogP contribution is 1.81. The van der Waals surface area contributed by atoms with Gasteiger partial charge < -0.3 is 10.8 Å². The van der Waals surface area contributed by atoms with Gasteiger partial charge in [-0.05, 0) is 0 Å². The van der Waals surface area contributed by atoms with Gasteiger partial charge in [0.05, 0.1) is 6.61 Å². The molecule has 0 aromatic carbocycles. The summed E-state index contributed by atoms with van der Waals surface area (Å²) in [5.41, 5.74) is 3.62. The van der Waals surface area contributed by atoms with Gasteiger partial charge in [0.1, 0.15) is 6.04 Å². The molecule has 0 aromatic heterocycles. The lowest BCUT2D eigenvalue weighted by molar-refractivity contribution is -0.424. The van der Waals surface area contributed by atoms with Crippen LogP contribution in [0.4, 0.5) is 0 Å². The molecule has 0 aromatic rings. The highest BCUT2D eigenvalue weighted by Gasteiger charge is 1.96. The van der Waals surface area contributed by atoms with E-state index in [1.165, 1.54) is 0 Å². The standard InChI is InChI=1S/C5H11NO/c1-2-3-5(6)4-7/h2,5,7H,1,3-4,6H2/p+1. The smallest absolute Gasteiger partial charge is 0.111 e. The average Bonchev–Trinajstić information content (AvgIpc) is 1.68. The molecule has 42 valence electrons. The van der Waals surface area contributed by atoms with E-state index in [2.05, 4.69) is 12.3 Å². The maximum Gasteiger partial charge on any atom is 0.111 e. The van der Waals surface area contributed by atoms with Gasteiger partial charge in [-0.3, -0.25) is 0 Å². The van der Waals surface area contributed by atoms with E-state index in [0.717, 1.165) is 6.42 Å². The quantitative estimate of drug-likeness (QED) is 0.449. The van der Waals surface area contributed by atoms with Crippen LogP contribution in [-0.2, 0) is 0 Å². The fourth-order valence-electron chi connectivity index (χ4n) is 0.310. The SMILES string of the molecule is C=CCC([NH3+])CO. The van der Waals surface area contributed by atoms with Crippen LogP contribution in [0.25, 0.3) is 0 Å². The highest BCUT2D eigenvalue weighted by molar-refractivity contribution is 4.70. The van der Waals surface area contributed by atoms with Gasteiger partial charge in [0.2, 0.25) is 0 Å². The summed E-state index contributed by atoms with van der Waals surface area (Å²) in [7, 11) is 0. The number of aliphatic hydroxyl groups excluding tert-OH is 1. The van der Waals surface area contributed by atoms with Crippen molar-refractivity contribution >= 4 is 0 Å². The Hall–Kier alpha value is -0.340. The molecule has 0 aliphatic rings. The van der Waals surface area contributed by atoms with E-state index in [4.69, 9.17) is 5.11 Å². The minimum absolute atomic E-state index is 0.137. The van der Waals surface area contributed by atoms with Crippen LogP contribution in [-0.4, -0.2) is 17.8 Å². The third-order valence-electron chi connectivity index (χ3n) is 0.758. The highest BCUT2D eigenvalue weighted by atomic mass is 16.3. The second-order valence-electron chi connectivity index (χ2n) is 1.57. The number of rotatable bonds is 3. The molecule has 0 heterocycles. The maximum atomic E-state index is 8.36. The molecule has 4 N–H and O–H groups in total. The Morgan fingerprint density at radius 2 is 2.43 bits per heavy atom. The molecule has 2 heteroatoms. The van der Waals surface area contributed by atoms with Crippen molar-refractivity contribution in [2.24, 2.45) is 0 Å². The predicted molar refractivity (Wildman–Crippen MR) is 28.6 cm³/mol. The Morgan fingerprint density at radius 1 is 1.86 bits per heavy atom. The molecule has 0 spiro atoms. The lowest BCUT2D eigenvalue weighted by Gasteiger charge is -1.96. The number of quaternary nitrogens is 1. The molecule has 0 saturated carbocycles. The molecule has 0 radical (unpaired) electrons. The van der Waals surface area contributed by atoms with Crippen LogP contribution in [0.2, 0.25) is 0 Å². The van der Waals surface area contributed by atoms with Gasteiger partial charge >= 0.3 is 0 Å². The zero-order valence-corrected chi connectivity index (χ0v) is 4.43. The van der Waals surface area contributed by atoms with Crippen molar-refractivity contribution in [3.63, 3.8) is 0 Å². The summed E-state index contributed by atoms with van der Waals surface area (Å²) in [4.78, 5) is 0. The minimum atomic E-state index is 0.137. The Morgan fingerprint density at radius 3 is 2.57 bits per heavy atom. The van der Waals surface area contributed by atoms with Crippen molar-refractivity contribution in [2.75, 3.05) is 6.61 Å². The first kappa shape index (κ1) is 6.66. The first-order valence-electron chi connectivity index (χ1n) is 2.36. The summed E-state index contributed by atoms with van der Waals surface area (Å²) in [5, 5.41) is 8.36. The van der Waals surface area contributed by atoms with Crippen LogP contribution in [0.5, 0.6) is 0 Å². The molecular weight excluding hydrogens is 90.1 g/mol. The summed E-state index contributed by atoms with van der Waals surface area (Å²) >= 11 is 0. The summed E-state index contributed by atoms with van der Waals surface area (Å²) in [5.74, 6) is 0. The van der Waals surface area contributed by atoms with Gasteiger partial charge in [-0.1, -0.05) is 6.08 Å². The number of hydrogen-bond donors (Lipinski definition) is 2. The van der Waals surface area contributed by atoms with E-state index in [9.17, 15) is 0 Å². The minimum Gasteiger partial charge on any atom is -0.390 e. The van der Waals surface area contributed by atoms with Crippen molar-refractivity contribution in [3.05, 3.63) is 12.7 Å². The van der Waals surface area contributed by atoms with Crippen LogP contribution < -0.4 is 5.73 Å². The van der Waals surface area contributed by atoms with Gasteiger partial charge in [0.25, 0.3) is 0 Å². The van der Waals surface area contributed by atoms with Gasteiger partial charge in [-0.25, -0.2) is 0 Å². The zero-order valence-electron chi connectivity index (χ0n) is 4.43. The van der Waals surface area contributed by atoms with Gasteiger partial charge in [0, 0.05) is 6.42 Å². The van der Waals surface area contributed by atoms with E-state index in [-0.39, 0.29) is 12.6 Å². The largest absolute Gasteiger partial charge is 0.390 e. The molecular formula is C5H12NO+. The Bertz CT molecular complexity index is 54.0. The van der Waals surface area contributed by atoms with Crippen molar-refractivity contribution < 1.29 is 10.8 Å². The van der Waals surface area contributed by atoms with Gasteiger partial charge in [0.15, 0.2) is 0 Å². The molecule has 0 fully saturated rings. The summed E-state index contributed by atoms with van der Waals surface area (Å²) in [6.45, 7) is 3.66. The van der Waals surface area contributed by atoms with Crippen LogP contribution in [0.3, 0.4) is 0 Å². The predicted octanol–water partition coefficient (Wildman–Crippen LogP) is -0.835. The second kappa shape index (κ2) is 3.84. The van der Waals surface area contributed by atoms with E-state index in [1.54, 1.807) is 6.08 Å². The summed E-state index contributed by atoms with van der Waals surface area (Å²) in [6.07, 6.45) is 2.56. The molecule has 1 unspecified atom stereocenters. The van der Waals surface area contributed by atoms with Crippen LogP contribution in [0.15, 0.2) is 12.7 Å². The zero-order chi connectivity index (χ0) is 5.70. The van der Waals surface area contributed by atoms with Crippen molar-refractivity contribution in [1.29, 1.82) is 0 Å². The van der Waals surface area contributed by atoms with E-state index in [1.807, 2.05) is 0 Å². The normalized spacial score (nSPS) is 13.4. The van der Waals surface area contributed by atoms with E-state index >= 15 is 0 Å². The van der Waals surface area contributed by atoms with Gasteiger partial charge in [-0.2, -0.15) is 0 Å². The molecule has 0 aliphatic carbocycles. The number of aliphatic hydroxyl groups is 1.